The lowest BCUT2D eigenvalue weighted by molar-refractivity contribution is 0.0959. The zero-order chi connectivity index (χ0) is 22.9. The Morgan fingerprint density at radius 3 is 2.24 bits per heavy atom. The highest BCUT2D eigenvalue weighted by Gasteiger charge is 2.17. The number of halogens is 1. The Morgan fingerprint density at radius 1 is 0.970 bits per heavy atom. The maximum atomic E-state index is 12.8. The summed E-state index contributed by atoms with van der Waals surface area (Å²) in [6.45, 7) is 3.78. The lowest BCUT2D eigenvalue weighted by atomic mass is 10.3. The van der Waals surface area contributed by atoms with Crippen LogP contribution in [0, 0.1) is 13.8 Å². The average Bonchev–Trinajstić information content (AvgIpc) is 3.49. The van der Waals surface area contributed by atoms with Gasteiger partial charge in [0.05, 0.1) is 39.4 Å². The highest BCUT2D eigenvalue weighted by molar-refractivity contribution is 7.20. The van der Waals surface area contributed by atoms with Crippen molar-refractivity contribution >= 4 is 45.3 Å². The standard InChI is InChI=1S/C24H19ClN6OS/c1-15-19-13-21(33-24(19)31(29-15)18-11-7-4-8-12-18)23(32)27-26-14-20-16(2)28-30(22(20)25)17-9-5-3-6-10-17/h3-14H,1-2H3,(H,27,32). The molecule has 0 fully saturated rings. The van der Waals surface area contributed by atoms with Crippen LogP contribution in [0.3, 0.4) is 0 Å². The normalized spacial score (nSPS) is 11.5. The molecule has 2 aromatic carbocycles. The molecule has 0 aliphatic heterocycles. The first-order valence-corrected chi connectivity index (χ1v) is 11.4. The largest absolute Gasteiger partial charge is 0.281 e. The van der Waals surface area contributed by atoms with Crippen molar-refractivity contribution in [3.63, 3.8) is 0 Å². The van der Waals surface area contributed by atoms with E-state index in [1.807, 2.05) is 85.3 Å². The van der Waals surface area contributed by atoms with E-state index in [1.54, 1.807) is 4.68 Å². The number of aromatic nitrogens is 4. The summed E-state index contributed by atoms with van der Waals surface area (Å²) in [7, 11) is 0. The molecule has 33 heavy (non-hydrogen) atoms. The van der Waals surface area contributed by atoms with Crippen molar-refractivity contribution in [1.82, 2.24) is 25.0 Å². The molecular formula is C24H19ClN6OS. The monoisotopic (exact) mass is 474 g/mol. The molecular weight excluding hydrogens is 456 g/mol. The number of carbonyl (C=O) groups excluding carboxylic acids is 1. The summed E-state index contributed by atoms with van der Waals surface area (Å²) in [6.07, 6.45) is 1.52. The van der Waals surface area contributed by atoms with Crippen molar-refractivity contribution in [3.05, 3.63) is 93.7 Å². The molecule has 0 unspecified atom stereocenters. The van der Waals surface area contributed by atoms with Gasteiger partial charge in [0, 0.05) is 5.39 Å². The number of fused-ring (bicyclic) bond motifs is 1. The van der Waals surface area contributed by atoms with Crippen LogP contribution in [0.15, 0.2) is 71.8 Å². The smallest absolute Gasteiger partial charge is 0.266 e. The van der Waals surface area contributed by atoms with Gasteiger partial charge in [0.2, 0.25) is 0 Å². The fourth-order valence-corrected chi connectivity index (χ4v) is 4.91. The van der Waals surface area contributed by atoms with E-state index in [4.69, 9.17) is 11.6 Å². The first-order chi connectivity index (χ1) is 16.0. The van der Waals surface area contributed by atoms with Gasteiger partial charge >= 0.3 is 0 Å². The van der Waals surface area contributed by atoms with E-state index < -0.39 is 0 Å². The second-order valence-electron chi connectivity index (χ2n) is 7.40. The van der Waals surface area contributed by atoms with Gasteiger partial charge in [-0.2, -0.15) is 15.3 Å². The van der Waals surface area contributed by atoms with Crippen LogP contribution in [-0.4, -0.2) is 31.7 Å². The van der Waals surface area contributed by atoms with Crippen LogP contribution in [0.4, 0.5) is 0 Å². The van der Waals surface area contributed by atoms with E-state index in [0.717, 1.165) is 27.3 Å². The number of thiophene rings is 1. The highest BCUT2D eigenvalue weighted by atomic mass is 35.5. The Morgan fingerprint density at radius 2 is 1.58 bits per heavy atom. The predicted octanol–water partition coefficient (Wildman–Crippen LogP) is 5.31. The Balaban J connectivity index is 1.37. The van der Waals surface area contributed by atoms with Crippen molar-refractivity contribution in [2.24, 2.45) is 5.10 Å². The lowest BCUT2D eigenvalue weighted by Crippen LogP contribution is -2.16. The minimum atomic E-state index is -0.296. The molecule has 5 rings (SSSR count). The SMILES string of the molecule is Cc1nn(-c2ccccc2)c(Cl)c1C=NNC(=O)c1cc2c(C)nn(-c3ccccc3)c2s1. The number of carbonyl (C=O) groups is 1. The van der Waals surface area contributed by atoms with Crippen LogP contribution in [0.2, 0.25) is 5.15 Å². The second-order valence-corrected chi connectivity index (χ2v) is 8.79. The third kappa shape index (κ3) is 3.94. The minimum Gasteiger partial charge on any atom is -0.266 e. The Hall–Kier alpha value is -3.75. The van der Waals surface area contributed by atoms with Crippen LogP contribution in [0.25, 0.3) is 21.6 Å². The molecule has 0 saturated heterocycles. The van der Waals surface area contributed by atoms with E-state index in [9.17, 15) is 4.79 Å². The zero-order valence-corrected chi connectivity index (χ0v) is 19.4. The van der Waals surface area contributed by atoms with E-state index >= 15 is 0 Å². The number of rotatable bonds is 5. The number of amides is 1. The van der Waals surface area contributed by atoms with Crippen molar-refractivity contribution in [2.45, 2.75) is 13.8 Å². The van der Waals surface area contributed by atoms with Crippen LogP contribution >= 0.6 is 22.9 Å². The van der Waals surface area contributed by atoms with Gasteiger partial charge in [-0.3, -0.25) is 4.79 Å². The molecule has 0 aliphatic rings. The molecule has 0 bridgehead atoms. The van der Waals surface area contributed by atoms with Crippen LogP contribution in [0.1, 0.15) is 26.6 Å². The first-order valence-electron chi connectivity index (χ1n) is 10.2. The highest BCUT2D eigenvalue weighted by Crippen LogP contribution is 2.30. The number of hydrogen-bond acceptors (Lipinski definition) is 5. The van der Waals surface area contributed by atoms with Gasteiger partial charge in [0.1, 0.15) is 9.98 Å². The third-order valence-electron chi connectivity index (χ3n) is 5.18. The third-order valence-corrected chi connectivity index (χ3v) is 6.65. The van der Waals surface area contributed by atoms with Gasteiger partial charge in [0.25, 0.3) is 5.91 Å². The summed E-state index contributed by atoms with van der Waals surface area (Å²) in [5, 5.41) is 14.6. The molecule has 0 atom stereocenters. The molecule has 7 nitrogen and oxygen atoms in total. The molecule has 0 radical (unpaired) electrons. The van der Waals surface area contributed by atoms with E-state index in [1.165, 1.54) is 17.6 Å². The van der Waals surface area contributed by atoms with Gasteiger partial charge in [-0.05, 0) is 44.2 Å². The number of hydrogen-bond donors (Lipinski definition) is 1. The molecule has 9 heteroatoms. The number of aryl methyl sites for hydroxylation is 2. The summed E-state index contributed by atoms with van der Waals surface area (Å²) < 4.78 is 3.50. The van der Waals surface area contributed by atoms with Gasteiger partial charge in [-0.1, -0.05) is 48.0 Å². The molecule has 3 aromatic heterocycles. The van der Waals surface area contributed by atoms with Crippen molar-refractivity contribution in [2.75, 3.05) is 0 Å². The summed E-state index contributed by atoms with van der Waals surface area (Å²) in [4.78, 5) is 14.2. The van der Waals surface area contributed by atoms with Crippen molar-refractivity contribution in [3.8, 4) is 11.4 Å². The Labute approximate surface area is 198 Å². The maximum absolute atomic E-state index is 12.8. The number of nitrogens with zero attached hydrogens (tertiary/aromatic N) is 5. The minimum absolute atomic E-state index is 0.296. The van der Waals surface area contributed by atoms with Crippen molar-refractivity contribution in [1.29, 1.82) is 0 Å². The van der Waals surface area contributed by atoms with E-state index in [-0.39, 0.29) is 5.91 Å². The second kappa shape index (κ2) is 8.65. The lowest BCUT2D eigenvalue weighted by Gasteiger charge is -2.02. The molecule has 5 aromatic rings. The molecule has 1 amide bonds. The molecule has 3 heterocycles. The Bertz CT molecular complexity index is 1480. The van der Waals surface area contributed by atoms with Crippen LogP contribution in [0.5, 0.6) is 0 Å². The molecule has 164 valence electrons. The first kappa shape index (κ1) is 21.1. The van der Waals surface area contributed by atoms with Gasteiger partial charge in [-0.15, -0.1) is 11.3 Å². The fraction of sp³-hybridized carbons (Fsp3) is 0.0833. The fourth-order valence-electron chi connectivity index (χ4n) is 3.51. The average molecular weight is 475 g/mol. The molecule has 1 N–H and O–H groups in total. The number of benzene rings is 2. The molecule has 0 aliphatic carbocycles. The quantitative estimate of drug-likeness (QED) is 0.277. The van der Waals surface area contributed by atoms with Gasteiger partial charge < -0.3 is 0 Å². The number of para-hydroxylation sites is 2. The summed E-state index contributed by atoms with van der Waals surface area (Å²) in [5.74, 6) is -0.296. The molecule has 0 saturated carbocycles. The van der Waals surface area contributed by atoms with Gasteiger partial charge in [-0.25, -0.2) is 14.8 Å². The maximum Gasteiger partial charge on any atom is 0.281 e. The summed E-state index contributed by atoms with van der Waals surface area (Å²) in [6, 6.07) is 21.3. The van der Waals surface area contributed by atoms with E-state index in [2.05, 4.69) is 20.7 Å². The van der Waals surface area contributed by atoms with E-state index in [0.29, 0.717) is 21.3 Å². The Kier molecular flexibility index (Phi) is 5.53. The topological polar surface area (TPSA) is 77.1 Å². The number of hydrazone groups is 1. The summed E-state index contributed by atoms with van der Waals surface area (Å²) >= 11 is 7.89. The predicted molar refractivity (Wildman–Crippen MR) is 132 cm³/mol. The van der Waals surface area contributed by atoms with Crippen molar-refractivity contribution < 1.29 is 4.79 Å². The van der Waals surface area contributed by atoms with Crippen LogP contribution < -0.4 is 5.43 Å². The molecule has 0 spiro atoms. The van der Waals surface area contributed by atoms with Crippen LogP contribution in [-0.2, 0) is 0 Å². The zero-order valence-electron chi connectivity index (χ0n) is 17.9. The van der Waals surface area contributed by atoms with Gasteiger partial charge in [0.15, 0.2) is 0 Å². The summed E-state index contributed by atoms with van der Waals surface area (Å²) in [5.41, 5.74) is 6.61. The number of nitrogens with one attached hydrogen (secondary N) is 1.